The predicted octanol–water partition coefficient (Wildman–Crippen LogP) is 3.97. The van der Waals surface area contributed by atoms with Gasteiger partial charge >= 0.3 is 0 Å². The lowest BCUT2D eigenvalue weighted by Crippen LogP contribution is -2.40. The van der Waals surface area contributed by atoms with Gasteiger partial charge in [0, 0.05) is 28.9 Å². The molecule has 3 aromatic rings. The number of amides is 1. The number of anilines is 1. The van der Waals surface area contributed by atoms with Gasteiger partial charge in [-0.3, -0.25) is 4.79 Å². The van der Waals surface area contributed by atoms with Gasteiger partial charge in [0.05, 0.1) is 18.2 Å². The average Bonchev–Trinajstić information content (AvgIpc) is 3.07. The summed E-state index contributed by atoms with van der Waals surface area (Å²) in [6.07, 6.45) is 0. The second kappa shape index (κ2) is 8.00. The van der Waals surface area contributed by atoms with Gasteiger partial charge < -0.3 is 10.1 Å². The molecule has 1 aromatic heterocycles. The van der Waals surface area contributed by atoms with E-state index in [0.717, 1.165) is 22.2 Å². The van der Waals surface area contributed by atoms with E-state index in [-0.39, 0.29) is 32.0 Å². The van der Waals surface area contributed by atoms with Gasteiger partial charge in [-0.1, -0.05) is 29.8 Å². The minimum absolute atomic E-state index is 0.149. The number of carbonyl (C=O) groups is 1. The number of carbonyl (C=O) groups excluding carboxylic acids is 1. The number of nitrogens with one attached hydrogen (secondary N) is 1. The summed E-state index contributed by atoms with van der Waals surface area (Å²) in [4.78, 5) is 12.5. The van der Waals surface area contributed by atoms with E-state index in [1.54, 1.807) is 0 Å². The van der Waals surface area contributed by atoms with Crippen LogP contribution in [-0.2, 0) is 14.8 Å². The van der Waals surface area contributed by atoms with Crippen molar-refractivity contribution in [2.45, 2.75) is 4.90 Å². The molecule has 29 heavy (non-hydrogen) atoms. The van der Waals surface area contributed by atoms with Crippen molar-refractivity contribution >= 4 is 54.6 Å². The van der Waals surface area contributed by atoms with Crippen LogP contribution in [0.5, 0.6) is 0 Å². The van der Waals surface area contributed by atoms with E-state index in [0.29, 0.717) is 9.90 Å². The Bertz CT molecular complexity index is 1190. The van der Waals surface area contributed by atoms with Crippen LogP contribution in [0.25, 0.3) is 10.1 Å². The third kappa shape index (κ3) is 3.88. The zero-order chi connectivity index (χ0) is 20.6. The molecule has 1 N–H and O–H groups in total. The molecule has 0 saturated carbocycles. The number of hydrogen-bond acceptors (Lipinski definition) is 5. The number of thiophene rings is 1. The molecule has 1 aliphatic rings. The Morgan fingerprint density at radius 1 is 1.17 bits per heavy atom. The predicted molar refractivity (Wildman–Crippen MR) is 111 cm³/mol. The van der Waals surface area contributed by atoms with Crippen molar-refractivity contribution in [3.8, 4) is 0 Å². The fraction of sp³-hybridized carbons (Fsp3) is 0.211. The maximum absolute atomic E-state index is 14.3. The van der Waals surface area contributed by atoms with Gasteiger partial charge in [0.15, 0.2) is 0 Å². The van der Waals surface area contributed by atoms with Crippen LogP contribution in [-0.4, -0.2) is 44.9 Å². The number of nitrogens with zero attached hydrogens (tertiary/aromatic N) is 1. The Balaban J connectivity index is 1.63. The SMILES string of the molecule is O=C(Nc1ccc(F)c(S(=O)(=O)N2CCOCC2)c1)c1sc2ccccc2c1Cl. The summed E-state index contributed by atoms with van der Waals surface area (Å²) in [6.45, 7) is 0.801. The molecular weight excluding hydrogens is 439 g/mol. The highest BCUT2D eigenvalue weighted by molar-refractivity contribution is 7.89. The molecule has 4 rings (SSSR count). The van der Waals surface area contributed by atoms with Crippen LogP contribution in [0.3, 0.4) is 0 Å². The first-order valence-corrected chi connectivity index (χ1v) is 11.4. The summed E-state index contributed by atoms with van der Waals surface area (Å²) in [7, 11) is -4.04. The van der Waals surface area contributed by atoms with Crippen molar-refractivity contribution in [3.63, 3.8) is 0 Å². The standard InChI is InChI=1S/C19H16ClFN2O4S2/c20-17-13-3-1-2-4-15(13)28-18(17)19(24)22-12-5-6-14(21)16(11-12)29(25,26)23-7-9-27-10-8-23/h1-6,11H,7-10H2,(H,22,24). The van der Waals surface area contributed by atoms with E-state index < -0.39 is 26.6 Å². The number of hydrogen-bond donors (Lipinski definition) is 1. The number of sulfonamides is 1. The zero-order valence-corrected chi connectivity index (χ0v) is 17.4. The van der Waals surface area contributed by atoms with E-state index in [9.17, 15) is 17.6 Å². The van der Waals surface area contributed by atoms with Crippen LogP contribution in [0.4, 0.5) is 10.1 Å². The van der Waals surface area contributed by atoms with Crippen LogP contribution in [0.2, 0.25) is 5.02 Å². The monoisotopic (exact) mass is 454 g/mol. The second-order valence-corrected chi connectivity index (χ2v) is 9.69. The first-order valence-electron chi connectivity index (χ1n) is 8.74. The number of rotatable bonds is 4. The number of morpholine rings is 1. The van der Waals surface area contributed by atoms with Crippen molar-refractivity contribution in [2.24, 2.45) is 0 Å². The molecular formula is C19H16ClFN2O4S2. The van der Waals surface area contributed by atoms with Crippen molar-refractivity contribution in [1.82, 2.24) is 4.31 Å². The molecule has 1 amide bonds. The molecule has 1 saturated heterocycles. The number of halogens is 2. The summed E-state index contributed by atoms with van der Waals surface area (Å²) >= 11 is 7.55. The van der Waals surface area contributed by atoms with Crippen LogP contribution >= 0.6 is 22.9 Å². The first-order chi connectivity index (χ1) is 13.9. The normalized spacial score (nSPS) is 15.5. The van der Waals surface area contributed by atoms with Crippen LogP contribution in [0.15, 0.2) is 47.4 Å². The average molecular weight is 455 g/mol. The molecule has 0 atom stereocenters. The van der Waals surface area contributed by atoms with E-state index in [4.69, 9.17) is 16.3 Å². The molecule has 0 aliphatic carbocycles. The third-order valence-electron chi connectivity index (χ3n) is 4.52. The van der Waals surface area contributed by atoms with E-state index in [2.05, 4.69) is 5.32 Å². The van der Waals surface area contributed by atoms with Gasteiger partial charge in [-0.15, -0.1) is 11.3 Å². The van der Waals surface area contributed by atoms with Crippen LogP contribution in [0, 0.1) is 5.82 Å². The molecule has 0 unspecified atom stereocenters. The van der Waals surface area contributed by atoms with Gasteiger partial charge in [-0.2, -0.15) is 4.31 Å². The number of benzene rings is 2. The van der Waals surface area contributed by atoms with Gasteiger partial charge in [0.2, 0.25) is 10.0 Å². The van der Waals surface area contributed by atoms with Crippen molar-refractivity contribution < 1.29 is 22.3 Å². The van der Waals surface area contributed by atoms with Gasteiger partial charge in [0.1, 0.15) is 15.6 Å². The van der Waals surface area contributed by atoms with E-state index in [1.807, 2.05) is 24.3 Å². The Hall–Kier alpha value is -2.04. The lowest BCUT2D eigenvalue weighted by Gasteiger charge is -2.26. The fourth-order valence-electron chi connectivity index (χ4n) is 3.05. The summed E-state index contributed by atoms with van der Waals surface area (Å²) in [5, 5.41) is 3.70. The van der Waals surface area contributed by atoms with Crippen molar-refractivity contribution in [2.75, 3.05) is 31.6 Å². The lowest BCUT2D eigenvalue weighted by molar-refractivity contribution is 0.0729. The molecule has 0 bridgehead atoms. The molecule has 152 valence electrons. The fourth-order valence-corrected chi connectivity index (χ4v) is 5.96. The highest BCUT2D eigenvalue weighted by Gasteiger charge is 2.29. The van der Waals surface area contributed by atoms with E-state index in [1.165, 1.54) is 21.7 Å². The molecule has 2 heterocycles. The zero-order valence-electron chi connectivity index (χ0n) is 15.0. The first kappa shape index (κ1) is 20.2. The number of fused-ring (bicyclic) bond motifs is 1. The summed E-state index contributed by atoms with van der Waals surface area (Å²) < 4.78 is 47.1. The van der Waals surface area contributed by atoms with Crippen molar-refractivity contribution in [1.29, 1.82) is 0 Å². The quantitative estimate of drug-likeness (QED) is 0.647. The van der Waals surface area contributed by atoms with E-state index >= 15 is 0 Å². The van der Waals surface area contributed by atoms with Crippen LogP contribution < -0.4 is 5.32 Å². The molecule has 1 aliphatic heterocycles. The second-order valence-electron chi connectivity index (χ2n) is 6.36. The Morgan fingerprint density at radius 3 is 2.62 bits per heavy atom. The topological polar surface area (TPSA) is 75.7 Å². The smallest absolute Gasteiger partial charge is 0.267 e. The highest BCUT2D eigenvalue weighted by atomic mass is 35.5. The summed E-state index contributed by atoms with van der Waals surface area (Å²) in [6, 6.07) is 10.8. The minimum Gasteiger partial charge on any atom is -0.379 e. The largest absolute Gasteiger partial charge is 0.379 e. The molecule has 6 nitrogen and oxygen atoms in total. The molecule has 1 fully saturated rings. The summed E-state index contributed by atoms with van der Waals surface area (Å²) in [5.41, 5.74) is 0.164. The third-order valence-corrected chi connectivity index (χ3v) is 8.11. The van der Waals surface area contributed by atoms with Gasteiger partial charge in [-0.25, -0.2) is 12.8 Å². The lowest BCUT2D eigenvalue weighted by atomic mass is 10.2. The number of ether oxygens (including phenoxy) is 1. The minimum atomic E-state index is -4.04. The molecule has 0 radical (unpaired) electrons. The Morgan fingerprint density at radius 2 is 1.90 bits per heavy atom. The van der Waals surface area contributed by atoms with Gasteiger partial charge in [0.25, 0.3) is 5.91 Å². The van der Waals surface area contributed by atoms with Crippen LogP contribution in [0.1, 0.15) is 9.67 Å². The maximum Gasteiger partial charge on any atom is 0.267 e. The van der Waals surface area contributed by atoms with Gasteiger partial charge in [-0.05, 0) is 24.3 Å². The molecule has 10 heteroatoms. The molecule has 0 spiro atoms. The maximum atomic E-state index is 14.3. The highest BCUT2D eigenvalue weighted by Crippen LogP contribution is 2.35. The Kier molecular flexibility index (Phi) is 5.58. The molecule has 2 aromatic carbocycles. The summed E-state index contributed by atoms with van der Waals surface area (Å²) in [5.74, 6) is -1.37. The van der Waals surface area contributed by atoms with Crippen molar-refractivity contribution in [3.05, 3.63) is 58.2 Å². The Labute approximate surface area is 175 Å².